The maximum absolute atomic E-state index is 13.8. The molecule has 0 saturated carbocycles. The molecule has 1 aliphatic rings. The highest BCUT2D eigenvalue weighted by atomic mass is 79.9. The van der Waals surface area contributed by atoms with Crippen LogP contribution in [0, 0.1) is 5.82 Å². The van der Waals surface area contributed by atoms with Crippen LogP contribution in [0.25, 0.3) is 0 Å². The van der Waals surface area contributed by atoms with Crippen molar-refractivity contribution >= 4 is 49.2 Å². The van der Waals surface area contributed by atoms with Gasteiger partial charge in [-0.25, -0.2) is 4.39 Å². The summed E-state index contributed by atoms with van der Waals surface area (Å²) >= 11 is 6.56. The summed E-state index contributed by atoms with van der Waals surface area (Å²) in [7, 11) is 0. The Kier molecular flexibility index (Phi) is 4.77. The number of carbonyl (C=O) groups is 1. The minimum Gasteiger partial charge on any atom is -0.382 e. The molecule has 2 aromatic carbocycles. The molecular formula is C16H11Br2FN2O2. The average Bonchev–Trinajstić information content (AvgIpc) is 3.00. The largest absolute Gasteiger partial charge is 0.382 e. The van der Waals surface area contributed by atoms with Crippen LogP contribution in [0.1, 0.15) is 12.0 Å². The van der Waals surface area contributed by atoms with Crippen LogP contribution in [0.3, 0.4) is 0 Å². The summed E-state index contributed by atoms with van der Waals surface area (Å²) < 4.78 is 15.3. The first-order valence-corrected chi connectivity index (χ1v) is 8.36. The van der Waals surface area contributed by atoms with Gasteiger partial charge < -0.3 is 10.2 Å². The van der Waals surface area contributed by atoms with Gasteiger partial charge in [0.15, 0.2) is 0 Å². The van der Waals surface area contributed by atoms with E-state index >= 15 is 0 Å². The lowest BCUT2D eigenvalue weighted by Gasteiger charge is -2.10. The molecular weight excluding hydrogens is 431 g/mol. The van der Waals surface area contributed by atoms with E-state index < -0.39 is 17.8 Å². The predicted octanol–water partition coefficient (Wildman–Crippen LogP) is 4.48. The zero-order chi connectivity index (χ0) is 16.4. The van der Waals surface area contributed by atoms with Crippen molar-refractivity contribution in [2.24, 2.45) is 5.16 Å². The minimum absolute atomic E-state index is 0.109. The molecule has 0 aromatic heterocycles. The topological polar surface area (TPSA) is 50.7 Å². The smallest absolute Gasteiger partial charge is 0.268 e. The van der Waals surface area contributed by atoms with Crippen molar-refractivity contribution in [1.82, 2.24) is 0 Å². The fourth-order valence-corrected chi connectivity index (χ4v) is 2.89. The lowest BCUT2D eigenvalue weighted by atomic mass is 10.0. The van der Waals surface area contributed by atoms with E-state index in [0.29, 0.717) is 16.6 Å². The summed E-state index contributed by atoms with van der Waals surface area (Å²) in [6, 6.07) is 12.0. The highest BCUT2D eigenvalue weighted by Gasteiger charge is 2.29. The molecule has 0 spiro atoms. The third kappa shape index (κ3) is 3.79. The number of nitrogens with one attached hydrogen (secondary N) is 1. The van der Waals surface area contributed by atoms with Crippen LogP contribution >= 0.6 is 31.9 Å². The molecule has 1 heterocycles. The van der Waals surface area contributed by atoms with Gasteiger partial charge in [-0.2, -0.15) is 0 Å². The van der Waals surface area contributed by atoms with Crippen molar-refractivity contribution < 1.29 is 14.0 Å². The number of benzene rings is 2. The van der Waals surface area contributed by atoms with Gasteiger partial charge in [0, 0.05) is 20.9 Å². The van der Waals surface area contributed by atoms with Crippen LogP contribution in [0.15, 0.2) is 56.6 Å². The van der Waals surface area contributed by atoms with Gasteiger partial charge >= 0.3 is 0 Å². The highest BCUT2D eigenvalue weighted by Crippen LogP contribution is 2.23. The van der Waals surface area contributed by atoms with Gasteiger partial charge in [0.2, 0.25) is 6.10 Å². The zero-order valence-electron chi connectivity index (χ0n) is 11.7. The van der Waals surface area contributed by atoms with E-state index in [1.54, 1.807) is 6.07 Å². The van der Waals surface area contributed by atoms with Gasteiger partial charge in [-0.3, -0.25) is 4.79 Å². The molecule has 23 heavy (non-hydrogen) atoms. The van der Waals surface area contributed by atoms with Crippen molar-refractivity contribution in [2.75, 3.05) is 5.32 Å². The van der Waals surface area contributed by atoms with Gasteiger partial charge in [0.05, 0.1) is 11.4 Å². The third-order valence-electron chi connectivity index (χ3n) is 3.31. The Hall–Kier alpha value is -1.73. The molecule has 1 unspecified atom stereocenters. The van der Waals surface area contributed by atoms with Crippen molar-refractivity contribution in [2.45, 2.75) is 12.5 Å². The van der Waals surface area contributed by atoms with E-state index in [9.17, 15) is 9.18 Å². The molecule has 1 aliphatic heterocycles. The molecule has 2 aromatic rings. The van der Waals surface area contributed by atoms with Gasteiger partial charge in [0.1, 0.15) is 5.82 Å². The summed E-state index contributed by atoms with van der Waals surface area (Å²) in [5.41, 5.74) is 1.67. The van der Waals surface area contributed by atoms with Crippen LogP contribution in [0.2, 0.25) is 0 Å². The second kappa shape index (κ2) is 6.80. The van der Waals surface area contributed by atoms with Crippen molar-refractivity contribution in [3.63, 3.8) is 0 Å². The van der Waals surface area contributed by atoms with Crippen LogP contribution < -0.4 is 5.32 Å². The van der Waals surface area contributed by atoms with E-state index in [0.717, 1.165) is 10.0 Å². The quantitative estimate of drug-likeness (QED) is 0.763. The molecule has 1 amide bonds. The fraction of sp³-hybridized carbons (Fsp3) is 0.125. The number of carbonyl (C=O) groups excluding carboxylic acids is 1. The van der Waals surface area contributed by atoms with E-state index in [4.69, 9.17) is 4.84 Å². The number of rotatable bonds is 3. The normalized spacial score (nSPS) is 16.7. The number of oxime groups is 1. The predicted molar refractivity (Wildman–Crippen MR) is 92.9 cm³/mol. The monoisotopic (exact) mass is 440 g/mol. The van der Waals surface area contributed by atoms with Gasteiger partial charge in [-0.05, 0) is 30.3 Å². The fourth-order valence-electron chi connectivity index (χ4n) is 2.16. The van der Waals surface area contributed by atoms with E-state index in [1.807, 2.05) is 24.3 Å². The second-order valence-electron chi connectivity index (χ2n) is 4.96. The molecule has 0 aliphatic carbocycles. The first kappa shape index (κ1) is 16.1. The van der Waals surface area contributed by atoms with Crippen LogP contribution in [0.5, 0.6) is 0 Å². The summed E-state index contributed by atoms with van der Waals surface area (Å²) in [4.78, 5) is 17.4. The molecule has 0 bridgehead atoms. The maximum atomic E-state index is 13.8. The van der Waals surface area contributed by atoms with Gasteiger partial charge in [-0.15, -0.1) is 0 Å². The van der Waals surface area contributed by atoms with E-state index in [-0.39, 0.29) is 5.69 Å². The Balaban J connectivity index is 1.67. The number of nitrogens with zero attached hydrogens (tertiary/aromatic N) is 1. The van der Waals surface area contributed by atoms with E-state index in [2.05, 4.69) is 42.3 Å². The number of anilines is 1. The number of halogens is 3. The minimum atomic E-state index is -0.771. The van der Waals surface area contributed by atoms with Crippen LogP contribution in [0.4, 0.5) is 10.1 Å². The van der Waals surface area contributed by atoms with Gasteiger partial charge in [0.25, 0.3) is 5.91 Å². The molecule has 118 valence electrons. The Morgan fingerprint density at radius 2 is 2.00 bits per heavy atom. The van der Waals surface area contributed by atoms with Crippen LogP contribution in [-0.4, -0.2) is 17.7 Å². The summed E-state index contributed by atoms with van der Waals surface area (Å²) in [6.45, 7) is 0. The molecule has 0 radical (unpaired) electrons. The van der Waals surface area contributed by atoms with Gasteiger partial charge in [-0.1, -0.05) is 49.1 Å². The molecule has 0 fully saturated rings. The Labute approximate surface area is 149 Å². The Bertz CT molecular complexity index is 795. The molecule has 1 atom stereocenters. The zero-order valence-corrected chi connectivity index (χ0v) is 14.9. The SMILES string of the molecule is O=C(Nc1ccc(Br)cc1F)C1CC(c2cccc(Br)c2)=NO1. The number of amides is 1. The average molecular weight is 442 g/mol. The third-order valence-corrected chi connectivity index (χ3v) is 4.29. The molecule has 0 saturated heterocycles. The molecule has 4 nitrogen and oxygen atoms in total. The first-order chi connectivity index (χ1) is 11.0. The molecule has 3 rings (SSSR count). The number of hydrogen-bond acceptors (Lipinski definition) is 3. The van der Waals surface area contributed by atoms with Crippen molar-refractivity contribution in [3.8, 4) is 0 Å². The van der Waals surface area contributed by atoms with Crippen molar-refractivity contribution in [1.29, 1.82) is 0 Å². The Morgan fingerprint density at radius 1 is 1.22 bits per heavy atom. The second-order valence-corrected chi connectivity index (χ2v) is 6.79. The van der Waals surface area contributed by atoms with Crippen molar-refractivity contribution in [3.05, 3.63) is 62.8 Å². The summed E-state index contributed by atoms with van der Waals surface area (Å²) in [5.74, 6) is -0.946. The number of hydrogen-bond donors (Lipinski definition) is 1. The lowest BCUT2D eigenvalue weighted by molar-refractivity contribution is -0.125. The Morgan fingerprint density at radius 3 is 2.74 bits per heavy atom. The standard InChI is InChI=1S/C16H11Br2FN2O2/c17-10-3-1-2-9(6-10)14-8-15(23-21-14)16(22)20-13-5-4-11(18)7-12(13)19/h1-7,15H,8H2,(H,20,22). The van der Waals surface area contributed by atoms with Crippen LogP contribution in [-0.2, 0) is 9.63 Å². The highest BCUT2D eigenvalue weighted by molar-refractivity contribution is 9.10. The first-order valence-electron chi connectivity index (χ1n) is 6.77. The van der Waals surface area contributed by atoms with E-state index in [1.165, 1.54) is 12.1 Å². The molecule has 7 heteroatoms. The molecule has 1 N–H and O–H groups in total. The summed E-state index contributed by atoms with van der Waals surface area (Å²) in [6.07, 6.45) is -0.438. The summed E-state index contributed by atoms with van der Waals surface area (Å²) in [5, 5.41) is 6.48. The lowest BCUT2D eigenvalue weighted by Crippen LogP contribution is -2.28. The maximum Gasteiger partial charge on any atom is 0.268 e.